The van der Waals surface area contributed by atoms with Gasteiger partial charge in [-0.05, 0) is 11.0 Å². The van der Waals surface area contributed by atoms with Crippen LogP contribution in [0.1, 0.15) is 56.0 Å². The van der Waals surface area contributed by atoms with E-state index in [1.807, 2.05) is 24.3 Å². The molecule has 114 valence electrons. The van der Waals surface area contributed by atoms with Gasteiger partial charge in [0.25, 0.3) is 0 Å². The number of ketones is 2. The van der Waals surface area contributed by atoms with Gasteiger partial charge in [0.15, 0.2) is 5.78 Å². The summed E-state index contributed by atoms with van der Waals surface area (Å²) in [6, 6.07) is 7.93. The van der Waals surface area contributed by atoms with Crippen molar-refractivity contribution in [3.05, 3.63) is 35.4 Å². The van der Waals surface area contributed by atoms with Crippen molar-refractivity contribution in [2.45, 2.75) is 46.6 Å². The fraction of sp³-hybridized carbons (Fsp3) is 0.556. The van der Waals surface area contributed by atoms with Crippen molar-refractivity contribution in [2.75, 3.05) is 13.1 Å². The highest BCUT2D eigenvalue weighted by molar-refractivity contribution is 5.96. The van der Waals surface area contributed by atoms with Gasteiger partial charge in [-0.25, -0.2) is 0 Å². The minimum atomic E-state index is 0.0239. The fourth-order valence-corrected chi connectivity index (χ4v) is 2.60. The van der Waals surface area contributed by atoms with Crippen LogP contribution >= 0.6 is 0 Å². The summed E-state index contributed by atoms with van der Waals surface area (Å²) in [5, 5.41) is 0. The van der Waals surface area contributed by atoms with Crippen LogP contribution in [0.3, 0.4) is 0 Å². The zero-order chi connectivity index (χ0) is 15.5. The molecule has 0 radical (unpaired) electrons. The van der Waals surface area contributed by atoms with Crippen molar-refractivity contribution in [1.82, 2.24) is 4.90 Å². The lowest BCUT2D eigenvalue weighted by Gasteiger charge is -2.25. The Morgan fingerprint density at radius 2 is 1.67 bits per heavy atom. The third-order valence-electron chi connectivity index (χ3n) is 3.79. The summed E-state index contributed by atoms with van der Waals surface area (Å²) < 4.78 is 0. The first-order valence-corrected chi connectivity index (χ1v) is 7.70. The molecule has 1 saturated heterocycles. The molecule has 0 amide bonds. The van der Waals surface area contributed by atoms with E-state index < -0.39 is 0 Å². The maximum absolute atomic E-state index is 12.1. The van der Waals surface area contributed by atoms with E-state index in [1.165, 1.54) is 5.56 Å². The molecule has 0 spiro atoms. The van der Waals surface area contributed by atoms with Gasteiger partial charge >= 0.3 is 0 Å². The molecule has 0 unspecified atom stereocenters. The number of benzene rings is 1. The molecule has 1 aromatic carbocycles. The van der Waals surface area contributed by atoms with E-state index in [0.29, 0.717) is 25.0 Å². The topological polar surface area (TPSA) is 37.4 Å². The Bertz CT molecular complexity index is 501. The second kappa shape index (κ2) is 6.52. The summed E-state index contributed by atoms with van der Waals surface area (Å²) in [7, 11) is 0. The minimum Gasteiger partial charge on any atom is -0.300 e. The van der Waals surface area contributed by atoms with E-state index in [0.717, 1.165) is 25.2 Å². The van der Waals surface area contributed by atoms with Crippen molar-refractivity contribution in [1.29, 1.82) is 0 Å². The molecule has 1 aliphatic rings. The van der Waals surface area contributed by atoms with Gasteiger partial charge in [0, 0.05) is 44.5 Å². The maximum Gasteiger partial charge on any atom is 0.163 e. The molecule has 1 aromatic rings. The molecular formula is C18H25NO2. The molecule has 2 rings (SSSR count). The molecule has 3 heteroatoms. The van der Waals surface area contributed by atoms with Crippen LogP contribution in [0.25, 0.3) is 0 Å². The van der Waals surface area contributed by atoms with Crippen molar-refractivity contribution >= 4 is 11.6 Å². The molecule has 0 atom stereocenters. The third kappa shape index (κ3) is 5.09. The Kier molecular flexibility index (Phi) is 4.94. The van der Waals surface area contributed by atoms with E-state index >= 15 is 0 Å². The molecule has 1 heterocycles. The van der Waals surface area contributed by atoms with Crippen LogP contribution in [0.2, 0.25) is 0 Å². The molecule has 3 nitrogen and oxygen atoms in total. The molecule has 0 saturated carbocycles. The van der Waals surface area contributed by atoms with E-state index in [-0.39, 0.29) is 11.2 Å². The Morgan fingerprint density at radius 1 is 1.10 bits per heavy atom. The summed E-state index contributed by atoms with van der Waals surface area (Å²) in [6.45, 7) is 8.80. The second-order valence-electron chi connectivity index (χ2n) is 7.17. The molecule has 0 N–H and O–H groups in total. The van der Waals surface area contributed by atoms with Crippen LogP contribution in [0, 0.1) is 5.41 Å². The van der Waals surface area contributed by atoms with Crippen LogP contribution in [0.5, 0.6) is 0 Å². The van der Waals surface area contributed by atoms with Crippen LogP contribution in [-0.2, 0) is 11.3 Å². The highest BCUT2D eigenvalue weighted by atomic mass is 16.1. The quantitative estimate of drug-likeness (QED) is 0.796. The monoisotopic (exact) mass is 287 g/mol. The van der Waals surface area contributed by atoms with Gasteiger partial charge in [0.2, 0.25) is 0 Å². The van der Waals surface area contributed by atoms with Crippen molar-refractivity contribution in [2.24, 2.45) is 5.41 Å². The number of carbonyl (C=O) groups excluding carboxylic acids is 2. The first-order chi connectivity index (χ1) is 9.83. The number of likely N-dealkylation sites (tertiary alicyclic amines) is 1. The lowest BCUT2D eigenvalue weighted by molar-refractivity contribution is -0.121. The molecule has 1 fully saturated rings. The molecule has 0 aromatic heterocycles. The van der Waals surface area contributed by atoms with E-state index in [2.05, 4.69) is 25.7 Å². The third-order valence-corrected chi connectivity index (χ3v) is 3.79. The summed E-state index contributed by atoms with van der Waals surface area (Å²) in [5.74, 6) is 0.576. The molecule has 0 aliphatic carbocycles. The summed E-state index contributed by atoms with van der Waals surface area (Å²) in [5.41, 5.74) is 2.02. The molecular weight excluding hydrogens is 262 g/mol. The minimum absolute atomic E-state index is 0.0239. The van der Waals surface area contributed by atoms with Crippen LogP contribution < -0.4 is 0 Å². The van der Waals surface area contributed by atoms with Gasteiger partial charge in [-0.3, -0.25) is 14.5 Å². The van der Waals surface area contributed by atoms with Gasteiger partial charge < -0.3 is 0 Å². The number of rotatable bonds is 4. The highest BCUT2D eigenvalue weighted by Gasteiger charge is 2.18. The van der Waals surface area contributed by atoms with Gasteiger partial charge in [0.05, 0.1) is 0 Å². The zero-order valence-corrected chi connectivity index (χ0v) is 13.3. The number of piperidine rings is 1. The number of hydrogen-bond donors (Lipinski definition) is 0. The lowest BCUT2D eigenvalue weighted by atomic mass is 9.88. The summed E-state index contributed by atoms with van der Waals surface area (Å²) in [6.07, 6.45) is 1.91. The van der Waals surface area contributed by atoms with Crippen LogP contribution in [-0.4, -0.2) is 29.6 Å². The standard InChI is InChI=1S/C18H25NO2/c1-18(2,3)12-17(21)15-6-4-14(5-7-15)13-19-10-8-16(20)9-11-19/h4-7H,8-13H2,1-3H3. The first-order valence-electron chi connectivity index (χ1n) is 7.70. The van der Waals surface area contributed by atoms with Gasteiger partial charge in [0.1, 0.15) is 5.78 Å². The van der Waals surface area contributed by atoms with Crippen molar-refractivity contribution in [3.63, 3.8) is 0 Å². The average Bonchev–Trinajstić information content (AvgIpc) is 2.40. The maximum atomic E-state index is 12.1. The van der Waals surface area contributed by atoms with Gasteiger partial charge in [-0.15, -0.1) is 0 Å². The Hall–Kier alpha value is -1.48. The Labute approximate surface area is 127 Å². The molecule has 21 heavy (non-hydrogen) atoms. The number of Topliss-reactive ketones (excluding diaryl/α,β-unsaturated/α-hetero) is 2. The number of nitrogens with zero attached hydrogens (tertiary/aromatic N) is 1. The Balaban J connectivity index is 1.93. The van der Waals surface area contributed by atoms with Crippen LogP contribution in [0.4, 0.5) is 0 Å². The first kappa shape index (κ1) is 15.9. The van der Waals surface area contributed by atoms with Crippen molar-refractivity contribution in [3.8, 4) is 0 Å². The number of hydrogen-bond acceptors (Lipinski definition) is 3. The SMILES string of the molecule is CC(C)(C)CC(=O)c1ccc(CN2CCC(=O)CC2)cc1. The van der Waals surface area contributed by atoms with Crippen LogP contribution in [0.15, 0.2) is 24.3 Å². The number of carbonyl (C=O) groups is 2. The average molecular weight is 287 g/mol. The van der Waals surface area contributed by atoms with E-state index in [1.54, 1.807) is 0 Å². The predicted molar refractivity (Wildman–Crippen MR) is 84.4 cm³/mol. The largest absolute Gasteiger partial charge is 0.300 e. The van der Waals surface area contributed by atoms with Gasteiger partial charge in [-0.1, -0.05) is 45.0 Å². The molecule has 0 bridgehead atoms. The highest BCUT2D eigenvalue weighted by Crippen LogP contribution is 2.22. The van der Waals surface area contributed by atoms with E-state index in [4.69, 9.17) is 0 Å². The normalized spacial score (nSPS) is 17.0. The Morgan fingerprint density at radius 3 is 2.19 bits per heavy atom. The zero-order valence-electron chi connectivity index (χ0n) is 13.3. The van der Waals surface area contributed by atoms with Crippen molar-refractivity contribution < 1.29 is 9.59 Å². The van der Waals surface area contributed by atoms with Gasteiger partial charge in [-0.2, -0.15) is 0 Å². The summed E-state index contributed by atoms with van der Waals surface area (Å²) in [4.78, 5) is 25.7. The smallest absolute Gasteiger partial charge is 0.163 e. The second-order valence-corrected chi connectivity index (χ2v) is 7.17. The lowest BCUT2D eigenvalue weighted by Crippen LogP contribution is -2.33. The predicted octanol–water partition coefficient (Wildman–Crippen LogP) is 3.47. The van der Waals surface area contributed by atoms with E-state index in [9.17, 15) is 9.59 Å². The molecule has 1 aliphatic heterocycles. The summed E-state index contributed by atoms with van der Waals surface area (Å²) >= 11 is 0. The fourth-order valence-electron chi connectivity index (χ4n) is 2.60.